The van der Waals surface area contributed by atoms with Gasteiger partial charge in [-0.2, -0.15) is 0 Å². The molecule has 0 aliphatic carbocycles. The van der Waals surface area contributed by atoms with Crippen LogP contribution >= 0.6 is 0 Å². The lowest BCUT2D eigenvalue weighted by atomic mass is 9.94. The second-order valence-electron chi connectivity index (χ2n) is 3.26. The number of fused-ring (bicyclic) bond motifs is 2. The summed E-state index contributed by atoms with van der Waals surface area (Å²) < 4.78 is 0. The van der Waals surface area contributed by atoms with Crippen LogP contribution in [0.2, 0.25) is 0 Å². The molecule has 2 bridgehead atoms. The Hall–Kier alpha value is -0.770. The van der Waals surface area contributed by atoms with Crippen LogP contribution in [0.3, 0.4) is 0 Å². The minimum absolute atomic E-state index is 0.164. The van der Waals surface area contributed by atoms with Crippen molar-refractivity contribution in [1.29, 1.82) is 0 Å². The maximum atomic E-state index is 9.47. The zero-order valence-corrected chi connectivity index (χ0v) is 6.40. The van der Waals surface area contributed by atoms with Gasteiger partial charge in [-0.1, -0.05) is 0 Å². The molecule has 11 heavy (non-hydrogen) atoms. The van der Waals surface area contributed by atoms with Crippen molar-refractivity contribution in [3.63, 3.8) is 0 Å². The summed E-state index contributed by atoms with van der Waals surface area (Å²) in [6.07, 6.45) is 0.670. The minimum Gasteiger partial charge on any atom is -0.393 e. The Balaban J connectivity index is 2.15. The van der Waals surface area contributed by atoms with Gasteiger partial charge in [-0.15, -0.1) is 0 Å². The Morgan fingerprint density at radius 2 is 2.45 bits per heavy atom. The molecule has 0 spiro atoms. The van der Waals surface area contributed by atoms with E-state index in [4.69, 9.17) is 5.73 Å². The van der Waals surface area contributed by atoms with E-state index in [-0.39, 0.29) is 6.10 Å². The lowest BCUT2D eigenvalue weighted by Gasteiger charge is -2.39. The first kappa shape index (κ1) is 6.91. The zero-order chi connectivity index (χ0) is 7.84. The molecule has 4 heteroatoms. The Labute approximate surface area is 65.7 Å². The van der Waals surface area contributed by atoms with E-state index in [0.717, 1.165) is 19.5 Å². The molecular formula is C7H13N3O. The highest BCUT2D eigenvalue weighted by atomic mass is 16.3. The summed E-state index contributed by atoms with van der Waals surface area (Å²) in [7, 11) is 0. The van der Waals surface area contributed by atoms with Crippen molar-refractivity contribution >= 4 is 5.96 Å². The highest BCUT2D eigenvalue weighted by Crippen LogP contribution is 2.20. The predicted molar refractivity (Wildman–Crippen MR) is 42.2 cm³/mol. The second kappa shape index (κ2) is 2.37. The quantitative estimate of drug-likeness (QED) is 0.471. The van der Waals surface area contributed by atoms with Gasteiger partial charge in [0.25, 0.3) is 0 Å². The van der Waals surface area contributed by atoms with Gasteiger partial charge in [-0.25, -0.2) is 0 Å². The van der Waals surface area contributed by atoms with Crippen LogP contribution in [0, 0.1) is 5.92 Å². The van der Waals surface area contributed by atoms with E-state index in [1.165, 1.54) is 0 Å². The van der Waals surface area contributed by atoms with Crippen LogP contribution in [0.25, 0.3) is 0 Å². The molecule has 2 heterocycles. The van der Waals surface area contributed by atoms with Crippen molar-refractivity contribution in [2.24, 2.45) is 16.6 Å². The largest absolute Gasteiger partial charge is 0.393 e. The Bertz CT molecular complexity index is 192. The standard InChI is InChI=1S/C7H13N3O/c8-7-9-3-5-4-10(7)2-1-6(5)11/h5-6,11H,1-4H2,(H2,8,9). The van der Waals surface area contributed by atoms with Gasteiger partial charge < -0.3 is 15.7 Å². The third kappa shape index (κ3) is 1.07. The topological polar surface area (TPSA) is 61.8 Å². The number of aliphatic hydroxyl groups excluding tert-OH is 1. The molecule has 3 N–H and O–H groups in total. The van der Waals surface area contributed by atoms with Gasteiger partial charge in [0.1, 0.15) is 0 Å². The molecule has 2 atom stereocenters. The van der Waals surface area contributed by atoms with Gasteiger partial charge >= 0.3 is 0 Å². The summed E-state index contributed by atoms with van der Waals surface area (Å²) in [5.41, 5.74) is 5.63. The smallest absolute Gasteiger partial charge is 0.191 e. The first-order chi connectivity index (χ1) is 5.27. The number of piperidine rings is 1. The lowest BCUT2D eigenvalue weighted by Crippen LogP contribution is -2.52. The molecule has 0 aromatic rings. The summed E-state index contributed by atoms with van der Waals surface area (Å²) in [5.74, 6) is 0.962. The fourth-order valence-corrected chi connectivity index (χ4v) is 1.72. The first-order valence-electron chi connectivity index (χ1n) is 4.00. The van der Waals surface area contributed by atoms with Crippen LogP contribution in [-0.4, -0.2) is 41.7 Å². The molecule has 2 aliphatic rings. The van der Waals surface area contributed by atoms with E-state index in [1.807, 2.05) is 4.90 Å². The summed E-state index contributed by atoms with van der Waals surface area (Å²) in [4.78, 5) is 6.17. The van der Waals surface area contributed by atoms with Crippen molar-refractivity contribution in [3.8, 4) is 0 Å². The van der Waals surface area contributed by atoms with Crippen LogP contribution in [0.5, 0.6) is 0 Å². The highest BCUT2D eigenvalue weighted by Gasteiger charge is 2.31. The van der Waals surface area contributed by atoms with Crippen LogP contribution in [-0.2, 0) is 0 Å². The Kier molecular flexibility index (Phi) is 1.49. The van der Waals surface area contributed by atoms with Crippen molar-refractivity contribution < 1.29 is 5.11 Å². The van der Waals surface area contributed by atoms with Crippen molar-refractivity contribution in [3.05, 3.63) is 0 Å². The molecule has 1 fully saturated rings. The molecule has 0 aromatic heterocycles. The maximum absolute atomic E-state index is 9.47. The first-order valence-corrected chi connectivity index (χ1v) is 4.00. The number of hydrogen-bond donors (Lipinski definition) is 2. The van der Waals surface area contributed by atoms with Crippen LogP contribution in [0.1, 0.15) is 6.42 Å². The molecule has 0 saturated carbocycles. The van der Waals surface area contributed by atoms with Crippen LogP contribution in [0.4, 0.5) is 0 Å². The van der Waals surface area contributed by atoms with E-state index in [1.54, 1.807) is 0 Å². The molecule has 0 radical (unpaired) electrons. The molecule has 0 aromatic carbocycles. The summed E-state index contributed by atoms with van der Waals surface area (Å²) >= 11 is 0. The third-order valence-corrected chi connectivity index (χ3v) is 2.51. The van der Waals surface area contributed by atoms with Crippen molar-refractivity contribution in [2.75, 3.05) is 19.6 Å². The molecule has 0 amide bonds. The molecule has 2 aliphatic heterocycles. The second-order valence-corrected chi connectivity index (χ2v) is 3.26. The van der Waals surface area contributed by atoms with Crippen molar-refractivity contribution in [2.45, 2.75) is 12.5 Å². The van der Waals surface area contributed by atoms with E-state index < -0.39 is 0 Å². The molecule has 2 unspecified atom stereocenters. The average Bonchev–Trinajstić information content (AvgIpc) is 2.02. The van der Waals surface area contributed by atoms with Crippen LogP contribution < -0.4 is 5.73 Å². The molecule has 1 saturated heterocycles. The van der Waals surface area contributed by atoms with Gasteiger partial charge in [0.2, 0.25) is 0 Å². The van der Waals surface area contributed by atoms with Gasteiger partial charge in [-0.3, -0.25) is 4.99 Å². The highest BCUT2D eigenvalue weighted by molar-refractivity contribution is 5.78. The molecular weight excluding hydrogens is 142 g/mol. The predicted octanol–water partition coefficient (Wildman–Crippen LogP) is -1.00. The number of aliphatic hydroxyl groups is 1. The number of hydrogen-bond acceptors (Lipinski definition) is 4. The number of aliphatic imine (C=N–C) groups is 1. The monoisotopic (exact) mass is 155 g/mol. The Morgan fingerprint density at radius 3 is 3.27 bits per heavy atom. The van der Waals surface area contributed by atoms with Gasteiger partial charge in [0.15, 0.2) is 5.96 Å². The maximum Gasteiger partial charge on any atom is 0.191 e. The van der Waals surface area contributed by atoms with Crippen LogP contribution in [0.15, 0.2) is 4.99 Å². The van der Waals surface area contributed by atoms with E-state index >= 15 is 0 Å². The average molecular weight is 155 g/mol. The summed E-state index contributed by atoms with van der Waals surface area (Å²) in [6, 6.07) is 0. The summed E-state index contributed by atoms with van der Waals surface area (Å²) in [6.45, 7) is 2.44. The zero-order valence-electron chi connectivity index (χ0n) is 6.40. The third-order valence-electron chi connectivity index (χ3n) is 2.51. The molecule has 62 valence electrons. The van der Waals surface area contributed by atoms with E-state index in [2.05, 4.69) is 4.99 Å². The fourth-order valence-electron chi connectivity index (χ4n) is 1.72. The van der Waals surface area contributed by atoms with Gasteiger partial charge in [-0.05, 0) is 6.42 Å². The molecule has 4 nitrogen and oxygen atoms in total. The van der Waals surface area contributed by atoms with Crippen molar-refractivity contribution in [1.82, 2.24) is 4.90 Å². The lowest BCUT2D eigenvalue weighted by molar-refractivity contribution is 0.0475. The normalized spacial score (nSPS) is 36.8. The van der Waals surface area contributed by atoms with Gasteiger partial charge in [0, 0.05) is 25.6 Å². The van der Waals surface area contributed by atoms with Gasteiger partial charge in [0.05, 0.1) is 6.10 Å². The minimum atomic E-state index is -0.164. The summed E-state index contributed by atoms with van der Waals surface area (Å²) in [5, 5.41) is 9.47. The SMILES string of the molecule is NC1=NCC2CN1CCC2O. The number of nitrogens with two attached hydrogens (primary N) is 1. The number of nitrogens with zero attached hydrogens (tertiary/aromatic N) is 2. The number of guanidine groups is 1. The van der Waals surface area contributed by atoms with E-state index in [0.29, 0.717) is 18.4 Å². The number of rotatable bonds is 0. The Morgan fingerprint density at radius 1 is 1.64 bits per heavy atom. The molecule has 2 rings (SSSR count). The fraction of sp³-hybridized carbons (Fsp3) is 0.857. The van der Waals surface area contributed by atoms with E-state index in [9.17, 15) is 5.11 Å².